The van der Waals surface area contributed by atoms with Crippen LogP contribution in [-0.2, 0) is 18.9 Å². The van der Waals surface area contributed by atoms with Crippen LogP contribution in [0, 0.1) is 48.8 Å². The second kappa shape index (κ2) is 15.6. The summed E-state index contributed by atoms with van der Waals surface area (Å²) in [4.78, 5) is 12.0. The lowest BCUT2D eigenvalue weighted by molar-refractivity contribution is -0.142. The van der Waals surface area contributed by atoms with Gasteiger partial charge in [-0.15, -0.1) is 0 Å². The Morgan fingerprint density at radius 2 is 1.00 bits per heavy atom. The van der Waals surface area contributed by atoms with Gasteiger partial charge >= 0.3 is 12.4 Å². The molecule has 0 aliphatic heterocycles. The zero-order valence-electron chi connectivity index (χ0n) is 28.0. The Labute approximate surface area is 302 Å². The minimum Gasteiger partial charge on any atom is -0.381 e. The lowest BCUT2D eigenvalue weighted by atomic mass is 10.1. The van der Waals surface area contributed by atoms with Crippen molar-refractivity contribution < 1.29 is 57.5 Å². The van der Waals surface area contributed by atoms with Crippen molar-refractivity contribution in [2.45, 2.75) is 32.7 Å². The maximum atomic E-state index is 13.7. The molecule has 1 amide bonds. The molecule has 6 aromatic rings. The highest BCUT2D eigenvalue weighted by atomic mass is 19.4. The summed E-state index contributed by atoms with van der Waals surface area (Å²) >= 11 is 0. The molecule has 0 saturated heterocycles. The topological polar surface area (TPSA) is 76.8 Å². The fraction of sp³-hybridized carbons (Fsp3) is 0.139. The van der Waals surface area contributed by atoms with Crippen molar-refractivity contribution in [3.8, 4) is 11.4 Å². The second-order valence-corrected chi connectivity index (χ2v) is 11.6. The number of amides is 1. The maximum absolute atomic E-state index is 13.7. The number of carbonyl (C=O) groups is 1. The molecular formula is C36H24F12N6O. The van der Waals surface area contributed by atoms with E-state index in [2.05, 4.69) is 20.8 Å². The van der Waals surface area contributed by atoms with Crippen LogP contribution in [0.15, 0.2) is 84.9 Å². The number of aromatic nitrogens is 4. The molecule has 19 heteroatoms. The molecule has 2 N–H and O–H groups in total. The number of carbonyl (C=O) groups excluding carboxylic acids is 1. The van der Waals surface area contributed by atoms with Gasteiger partial charge in [-0.2, -0.15) is 36.5 Å². The van der Waals surface area contributed by atoms with Crippen molar-refractivity contribution in [3.05, 3.63) is 154 Å². The number of nitrogens with zero attached hydrogens (tertiary/aromatic N) is 4. The van der Waals surface area contributed by atoms with E-state index >= 15 is 0 Å². The van der Waals surface area contributed by atoms with Crippen LogP contribution < -0.4 is 10.6 Å². The fourth-order valence-electron chi connectivity index (χ4n) is 5.01. The van der Waals surface area contributed by atoms with Gasteiger partial charge < -0.3 is 10.6 Å². The van der Waals surface area contributed by atoms with Crippen molar-refractivity contribution in [1.82, 2.24) is 19.6 Å². The van der Waals surface area contributed by atoms with Crippen molar-refractivity contribution in [2.24, 2.45) is 0 Å². The summed E-state index contributed by atoms with van der Waals surface area (Å²) in [5, 5.41) is 12.0. The number of rotatable bonds is 7. The smallest absolute Gasteiger partial charge is 0.381 e. The third-order valence-electron chi connectivity index (χ3n) is 7.72. The number of halogens is 12. The summed E-state index contributed by atoms with van der Waals surface area (Å²) in [6, 6.07) is 15.9. The summed E-state index contributed by atoms with van der Waals surface area (Å²) in [6.07, 6.45) is -9.14. The standard InChI is InChI=1S/C18H11F6N3O.C18H13F6N3/c1-9-8-14(18(22,23)24)26-27(9)11-4-2-10(3-5-11)25-17(28)15-12(19)6-7-13(20)16(15)21;1-10-8-16(18(22,23)24)26-27(10)12-4-2-11(3-5-12)25-9-13-14(19)6-7-15(20)17(13)21/h2-8H,1H3,(H,25,28);2-8,25H,9H2,1H3. The molecule has 2 heterocycles. The quantitative estimate of drug-likeness (QED) is 0.125. The minimum absolute atomic E-state index is 0.0951. The van der Waals surface area contributed by atoms with Crippen LogP contribution in [0.25, 0.3) is 11.4 Å². The molecule has 0 aliphatic rings. The first kappa shape index (κ1) is 39.9. The molecule has 0 atom stereocenters. The molecule has 0 spiro atoms. The number of hydrogen-bond acceptors (Lipinski definition) is 4. The first-order chi connectivity index (χ1) is 25.7. The Bertz CT molecular complexity index is 2330. The van der Waals surface area contributed by atoms with Crippen LogP contribution >= 0.6 is 0 Å². The number of benzene rings is 4. The van der Waals surface area contributed by atoms with Gasteiger partial charge in [0.1, 0.15) is 17.2 Å². The molecule has 7 nitrogen and oxygen atoms in total. The van der Waals surface area contributed by atoms with Gasteiger partial charge in [0.05, 0.1) is 11.4 Å². The number of hydrogen-bond donors (Lipinski definition) is 2. The van der Waals surface area contributed by atoms with Crippen molar-refractivity contribution >= 4 is 17.3 Å². The Balaban J connectivity index is 0.000000211. The van der Waals surface area contributed by atoms with Gasteiger partial charge in [0, 0.05) is 34.9 Å². The third-order valence-corrected chi connectivity index (χ3v) is 7.72. The Hall–Kier alpha value is -6.27. The number of aryl methyl sites for hydroxylation is 2. The Kier molecular flexibility index (Phi) is 11.3. The van der Waals surface area contributed by atoms with E-state index < -0.39 is 75.7 Å². The van der Waals surface area contributed by atoms with Gasteiger partial charge in [0.25, 0.3) is 5.91 Å². The van der Waals surface area contributed by atoms with Crippen LogP contribution in [0.2, 0.25) is 0 Å². The third kappa shape index (κ3) is 9.10. The summed E-state index contributed by atoms with van der Waals surface area (Å²) in [7, 11) is 0. The molecule has 0 saturated carbocycles. The molecule has 0 fully saturated rings. The predicted octanol–water partition coefficient (Wildman–Crippen LogP) is 10.1. The number of nitrogens with one attached hydrogen (secondary N) is 2. The zero-order valence-corrected chi connectivity index (χ0v) is 28.0. The first-order valence-electron chi connectivity index (χ1n) is 15.5. The molecule has 288 valence electrons. The summed E-state index contributed by atoms with van der Waals surface area (Å²) in [6.45, 7) is 2.63. The van der Waals surface area contributed by atoms with Crippen LogP contribution in [0.4, 0.5) is 64.1 Å². The van der Waals surface area contributed by atoms with E-state index in [1.807, 2.05) is 0 Å². The second-order valence-electron chi connectivity index (χ2n) is 11.6. The molecule has 0 radical (unpaired) electrons. The minimum atomic E-state index is -4.59. The largest absolute Gasteiger partial charge is 0.435 e. The van der Waals surface area contributed by atoms with E-state index in [0.717, 1.165) is 27.6 Å². The Morgan fingerprint density at radius 3 is 1.45 bits per heavy atom. The van der Waals surface area contributed by atoms with E-state index in [-0.39, 0.29) is 23.6 Å². The van der Waals surface area contributed by atoms with Crippen molar-refractivity contribution in [3.63, 3.8) is 0 Å². The highest BCUT2D eigenvalue weighted by Gasteiger charge is 2.35. The van der Waals surface area contributed by atoms with E-state index in [0.29, 0.717) is 35.3 Å². The van der Waals surface area contributed by atoms with Gasteiger partial charge in [-0.25, -0.2) is 35.7 Å². The van der Waals surface area contributed by atoms with E-state index in [4.69, 9.17) is 0 Å². The van der Waals surface area contributed by atoms with Gasteiger partial charge in [-0.1, -0.05) is 0 Å². The maximum Gasteiger partial charge on any atom is 0.435 e. The molecule has 0 bridgehead atoms. The van der Waals surface area contributed by atoms with E-state index in [1.54, 1.807) is 0 Å². The van der Waals surface area contributed by atoms with Crippen LogP contribution in [-0.4, -0.2) is 25.5 Å². The molecular weight excluding hydrogens is 760 g/mol. The van der Waals surface area contributed by atoms with Crippen molar-refractivity contribution in [1.29, 1.82) is 0 Å². The SMILES string of the molecule is Cc1cc(C(F)(F)F)nn1-c1ccc(NC(=O)c2c(F)ccc(F)c2F)cc1.Cc1cc(C(F)(F)F)nn1-c1ccc(NCc2c(F)ccc(F)c2F)cc1. The molecule has 0 aliphatic carbocycles. The Morgan fingerprint density at radius 1 is 0.582 bits per heavy atom. The summed E-state index contributed by atoms with van der Waals surface area (Å²) < 4.78 is 160. The fourth-order valence-corrected chi connectivity index (χ4v) is 5.01. The summed E-state index contributed by atoms with van der Waals surface area (Å²) in [5.74, 6) is -8.76. The molecule has 0 unspecified atom stereocenters. The average molecular weight is 785 g/mol. The average Bonchev–Trinajstić information content (AvgIpc) is 3.72. The highest BCUT2D eigenvalue weighted by Crippen LogP contribution is 2.31. The lowest BCUT2D eigenvalue weighted by Gasteiger charge is -2.10. The highest BCUT2D eigenvalue weighted by molar-refractivity contribution is 6.04. The van der Waals surface area contributed by atoms with Gasteiger partial charge in [0.15, 0.2) is 34.7 Å². The van der Waals surface area contributed by atoms with Gasteiger partial charge in [-0.3, -0.25) is 4.79 Å². The number of anilines is 2. The molecule has 6 rings (SSSR count). The normalized spacial score (nSPS) is 11.6. The molecule has 4 aromatic carbocycles. The molecule has 55 heavy (non-hydrogen) atoms. The van der Waals surface area contributed by atoms with Crippen molar-refractivity contribution in [2.75, 3.05) is 10.6 Å². The summed E-state index contributed by atoms with van der Waals surface area (Å²) in [5.41, 5.74) is -1.86. The van der Waals surface area contributed by atoms with Crippen LogP contribution in [0.1, 0.15) is 38.7 Å². The first-order valence-corrected chi connectivity index (χ1v) is 15.5. The predicted molar refractivity (Wildman–Crippen MR) is 175 cm³/mol. The van der Waals surface area contributed by atoms with Crippen LogP contribution in [0.3, 0.4) is 0 Å². The monoisotopic (exact) mass is 784 g/mol. The zero-order chi connectivity index (χ0) is 40.4. The number of alkyl halides is 6. The van der Waals surface area contributed by atoms with E-state index in [1.165, 1.54) is 62.4 Å². The van der Waals surface area contributed by atoms with Gasteiger partial charge in [0.2, 0.25) is 0 Å². The molecule has 2 aromatic heterocycles. The van der Waals surface area contributed by atoms with Gasteiger partial charge in [-0.05, 0) is 98.8 Å². The van der Waals surface area contributed by atoms with Crippen LogP contribution in [0.5, 0.6) is 0 Å². The lowest BCUT2D eigenvalue weighted by Crippen LogP contribution is -2.16. The van der Waals surface area contributed by atoms with E-state index in [9.17, 15) is 57.5 Å².